The van der Waals surface area contributed by atoms with Crippen LogP contribution in [0.1, 0.15) is 18.9 Å². The molecule has 1 unspecified atom stereocenters. The smallest absolute Gasteiger partial charge is 0.237 e. The standard InChI is InChI=1S/C14H22N2O3/c1-14(19,10-17)9-16-13(18)12(15)8-7-11-5-3-2-4-6-11/h2-6,12,17,19H,7-10,15H2,1H3,(H,16,18)/t12-,14?/m0/s1. The van der Waals surface area contributed by atoms with Crippen molar-refractivity contribution in [2.45, 2.75) is 31.4 Å². The quantitative estimate of drug-likeness (QED) is 0.550. The van der Waals surface area contributed by atoms with E-state index in [0.717, 1.165) is 12.0 Å². The molecule has 1 rings (SSSR count). The van der Waals surface area contributed by atoms with Crippen molar-refractivity contribution in [2.75, 3.05) is 13.2 Å². The molecule has 0 aliphatic rings. The SMILES string of the molecule is CC(O)(CO)CNC(=O)[C@@H](N)CCc1ccccc1. The van der Waals surface area contributed by atoms with Crippen molar-refractivity contribution in [2.24, 2.45) is 5.73 Å². The molecule has 0 aliphatic carbocycles. The van der Waals surface area contributed by atoms with Gasteiger partial charge in [-0.3, -0.25) is 4.79 Å². The fraction of sp³-hybridized carbons (Fsp3) is 0.500. The number of nitrogens with one attached hydrogen (secondary N) is 1. The van der Waals surface area contributed by atoms with Crippen LogP contribution in [0.15, 0.2) is 30.3 Å². The van der Waals surface area contributed by atoms with Crippen LogP contribution in [0.4, 0.5) is 0 Å². The molecule has 5 nitrogen and oxygen atoms in total. The van der Waals surface area contributed by atoms with Crippen LogP contribution in [0.2, 0.25) is 0 Å². The Balaban J connectivity index is 2.33. The van der Waals surface area contributed by atoms with E-state index < -0.39 is 18.2 Å². The maximum Gasteiger partial charge on any atom is 0.237 e. The minimum absolute atomic E-state index is 0.0125. The average Bonchev–Trinajstić information content (AvgIpc) is 2.43. The van der Waals surface area contributed by atoms with Crippen LogP contribution in [0.3, 0.4) is 0 Å². The Labute approximate surface area is 113 Å². The van der Waals surface area contributed by atoms with Gasteiger partial charge in [0.2, 0.25) is 5.91 Å². The number of benzene rings is 1. The molecular weight excluding hydrogens is 244 g/mol. The second-order valence-corrected chi connectivity index (χ2v) is 5.00. The molecule has 1 aromatic carbocycles. The first-order valence-electron chi connectivity index (χ1n) is 6.35. The molecule has 0 aliphatic heterocycles. The van der Waals surface area contributed by atoms with E-state index in [4.69, 9.17) is 10.8 Å². The summed E-state index contributed by atoms with van der Waals surface area (Å²) in [4.78, 5) is 11.7. The Bertz CT molecular complexity index is 393. The van der Waals surface area contributed by atoms with Gasteiger partial charge in [-0.25, -0.2) is 0 Å². The van der Waals surface area contributed by atoms with Crippen LogP contribution in [0.25, 0.3) is 0 Å². The lowest BCUT2D eigenvalue weighted by Gasteiger charge is -2.22. The van der Waals surface area contributed by atoms with Gasteiger partial charge in [-0.2, -0.15) is 0 Å². The lowest BCUT2D eigenvalue weighted by Crippen LogP contribution is -2.48. The van der Waals surface area contributed by atoms with Crippen LogP contribution in [-0.2, 0) is 11.2 Å². The normalized spacial score (nSPS) is 15.6. The summed E-state index contributed by atoms with van der Waals surface area (Å²) >= 11 is 0. The Morgan fingerprint density at radius 2 is 2.05 bits per heavy atom. The fourth-order valence-corrected chi connectivity index (χ4v) is 1.56. The third-order valence-corrected chi connectivity index (χ3v) is 2.91. The molecule has 0 saturated carbocycles. The molecule has 1 amide bonds. The average molecular weight is 266 g/mol. The first kappa shape index (κ1) is 15.6. The molecule has 0 fully saturated rings. The number of rotatable bonds is 7. The van der Waals surface area contributed by atoms with Crippen LogP contribution in [0, 0.1) is 0 Å². The van der Waals surface area contributed by atoms with E-state index in [-0.39, 0.29) is 12.5 Å². The van der Waals surface area contributed by atoms with Gasteiger partial charge >= 0.3 is 0 Å². The Kier molecular flexibility index (Phi) is 5.95. The number of nitrogens with two attached hydrogens (primary N) is 1. The number of amides is 1. The highest BCUT2D eigenvalue weighted by Crippen LogP contribution is 2.04. The highest BCUT2D eigenvalue weighted by atomic mass is 16.3. The summed E-state index contributed by atoms with van der Waals surface area (Å²) in [7, 11) is 0. The minimum Gasteiger partial charge on any atom is -0.393 e. The molecule has 19 heavy (non-hydrogen) atoms. The summed E-state index contributed by atoms with van der Waals surface area (Å²) in [6.45, 7) is 1.02. The van der Waals surface area contributed by atoms with Gasteiger partial charge in [0.25, 0.3) is 0 Å². The first-order valence-corrected chi connectivity index (χ1v) is 6.35. The molecule has 5 heteroatoms. The highest BCUT2D eigenvalue weighted by Gasteiger charge is 2.21. The molecule has 5 N–H and O–H groups in total. The van der Waals surface area contributed by atoms with Crippen molar-refractivity contribution in [1.82, 2.24) is 5.32 Å². The van der Waals surface area contributed by atoms with Gasteiger partial charge in [-0.05, 0) is 25.3 Å². The lowest BCUT2D eigenvalue weighted by atomic mass is 10.0. The van der Waals surface area contributed by atoms with E-state index >= 15 is 0 Å². The number of hydrogen-bond acceptors (Lipinski definition) is 4. The van der Waals surface area contributed by atoms with E-state index in [1.807, 2.05) is 30.3 Å². The maximum absolute atomic E-state index is 11.7. The van der Waals surface area contributed by atoms with Gasteiger partial charge in [0.05, 0.1) is 12.6 Å². The second kappa shape index (κ2) is 7.23. The van der Waals surface area contributed by atoms with Crippen molar-refractivity contribution in [3.05, 3.63) is 35.9 Å². The third-order valence-electron chi connectivity index (χ3n) is 2.91. The molecule has 0 aromatic heterocycles. The predicted octanol–water partition coefficient (Wildman–Crippen LogP) is -0.194. The van der Waals surface area contributed by atoms with Gasteiger partial charge in [0.15, 0.2) is 0 Å². The van der Waals surface area contributed by atoms with E-state index in [1.165, 1.54) is 6.92 Å². The number of carbonyl (C=O) groups excluding carboxylic acids is 1. The molecule has 0 spiro atoms. The Hall–Kier alpha value is -1.43. The summed E-state index contributed by atoms with van der Waals surface area (Å²) in [5, 5.41) is 21.0. The van der Waals surface area contributed by atoms with Crippen LogP contribution >= 0.6 is 0 Å². The third kappa shape index (κ3) is 5.83. The highest BCUT2D eigenvalue weighted by molar-refractivity contribution is 5.81. The van der Waals surface area contributed by atoms with Gasteiger partial charge in [0, 0.05) is 6.54 Å². The summed E-state index contributed by atoms with van der Waals surface area (Å²) in [5.41, 5.74) is 5.60. The number of carbonyl (C=O) groups is 1. The minimum atomic E-state index is -1.31. The fourth-order valence-electron chi connectivity index (χ4n) is 1.56. The van der Waals surface area contributed by atoms with Gasteiger partial charge in [0.1, 0.15) is 5.60 Å². The summed E-state index contributed by atoms with van der Waals surface area (Å²) < 4.78 is 0. The van der Waals surface area contributed by atoms with Crippen molar-refractivity contribution in [1.29, 1.82) is 0 Å². The Morgan fingerprint density at radius 3 is 2.63 bits per heavy atom. The van der Waals surface area contributed by atoms with Crippen molar-refractivity contribution in [3.63, 3.8) is 0 Å². The monoisotopic (exact) mass is 266 g/mol. The number of aliphatic hydroxyl groups is 2. The number of aliphatic hydroxyl groups excluding tert-OH is 1. The maximum atomic E-state index is 11.7. The molecule has 1 aromatic rings. The van der Waals surface area contributed by atoms with Gasteiger partial charge in [-0.1, -0.05) is 30.3 Å². The number of hydrogen-bond donors (Lipinski definition) is 4. The molecule has 0 bridgehead atoms. The van der Waals surface area contributed by atoms with Gasteiger partial charge in [-0.15, -0.1) is 0 Å². The molecule has 106 valence electrons. The van der Waals surface area contributed by atoms with Gasteiger partial charge < -0.3 is 21.3 Å². The molecule has 0 saturated heterocycles. The van der Waals surface area contributed by atoms with E-state index in [2.05, 4.69) is 5.32 Å². The zero-order valence-electron chi connectivity index (χ0n) is 11.2. The molecule has 0 radical (unpaired) electrons. The summed E-state index contributed by atoms with van der Waals surface area (Å²) in [6.07, 6.45) is 1.27. The van der Waals surface area contributed by atoms with Crippen LogP contribution in [-0.4, -0.2) is 40.9 Å². The van der Waals surface area contributed by atoms with E-state index in [1.54, 1.807) is 0 Å². The number of aryl methyl sites for hydroxylation is 1. The summed E-state index contributed by atoms with van der Waals surface area (Å²) in [5.74, 6) is -0.315. The van der Waals surface area contributed by atoms with Crippen LogP contribution in [0.5, 0.6) is 0 Å². The molecular formula is C14H22N2O3. The topological polar surface area (TPSA) is 95.6 Å². The van der Waals surface area contributed by atoms with Crippen molar-refractivity contribution in [3.8, 4) is 0 Å². The Morgan fingerprint density at radius 1 is 1.42 bits per heavy atom. The van der Waals surface area contributed by atoms with E-state index in [0.29, 0.717) is 6.42 Å². The second-order valence-electron chi connectivity index (χ2n) is 5.00. The first-order chi connectivity index (χ1) is 8.94. The van der Waals surface area contributed by atoms with Crippen molar-refractivity contribution >= 4 is 5.91 Å². The van der Waals surface area contributed by atoms with Crippen LogP contribution < -0.4 is 11.1 Å². The molecule has 2 atom stereocenters. The predicted molar refractivity (Wildman–Crippen MR) is 73.5 cm³/mol. The zero-order valence-corrected chi connectivity index (χ0v) is 11.2. The lowest BCUT2D eigenvalue weighted by molar-refractivity contribution is -0.124. The van der Waals surface area contributed by atoms with E-state index in [9.17, 15) is 9.90 Å². The summed E-state index contributed by atoms with van der Waals surface area (Å²) in [6, 6.07) is 9.18. The molecule has 0 heterocycles. The largest absolute Gasteiger partial charge is 0.393 e. The van der Waals surface area contributed by atoms with Crippen molar-refractivity contribution < 1.29 is 15.0 Å². The zero-order chi connectivity index (χ0) is 14.3.